The summed E-state index contributed by atoms with van der Waals surface area (Å²) < 4.78 is 31.1. The van der Waals surface area contributed by atoms with Crippen molar-refractivity contribution in [1.82, 2.24) is 0 Å². The Hall–Kier alpha value is -4.14. The van der Waals surface area contributed by atoms with Crippen molar-refractivity contribution in [1.29, 1.82) is 0 Å². The van der Waals surface area contributed by atoms with Crippen molar-refractivity contribution in [3.63, 3.8) is 0 Å². The molecule has 6 aliphatic carbocycles. The van der Waals surface area contributed by atoms with Gasteiger partial charge in [0, 0.05) is 87.1 Å². The molecule has 12 atom stereocenters. The molecule has 3 heterocycles. The Morgan fingerprint density at radius 2 is 0.731 bits per heavy atom. The molecule has 3 aliphatic heterocycles. The molecule has 6 saturated carbocycles. The summed E-state index contributed by atoms with van der Waals surface area (Å²) in [7, 11) is 0. The van der Waals surface area contributed by atoms with Crippen molar-refractivity contribution in [3.8, 4) is 51.7 Å². The lowest BCUT2D eigenvalue weighted by Crippen LogP contribution is -2.59. The van der Waals surface area contributed by atoms with E-state index in [9.17, 15) is 20.4 Å². The van der Waals surface area contributed by atoms with E-state index in [0.717, 1.165) is 53.7 Å². The minimum absolute atomic E-state index is 0.0759. The zero-order valence-corrected chi connectivity index (χ0v) is 51.1. The molecule has 0 bridgehead atoms. The highest BCUT2D eigenvalue weighted by atomic mass is 16.5. The molecule has 9 aliphatic rings. The third-order valence-corrected chi connectivity index (χ3v) is 24.2. The molecular weight excluding hydrogens is 973 g/mol. The van der Waals surface area contributed by atoms with E-state index in [-0.39, 0.29) is 62.3 Å². The fourth-order valence-corrected chi connectivity index (χ4v) is 21.0. The zero-order valence-electron chi connectivity index (χ0n) is 51.1. The van der Waals surface area contributed by atoms with Crippen LogP contribution in [-0.4, -0.2) is 52.5 Å². The van der Waals surface area contributed by atoms with Gasteiger partial charge in [0.05, 0.1) is 32.0 Å². The van der Waals surface area contributed by atoms with Crippen molar-refractivity contribution < 1.29 is 44.1 Å². The Morgan fingerprint density at radius 1 is 0.397 bits per heavy atom. The monoisotopic (exact) mass is 1070 g/mol. The predicted octanol–water partition coefficient (Wildman–Crippen LogP) is 17.1. The quantitative estimate of drug-likeness (QED) is 0.202. The maximum absolute atomic E-state index is 10.6. The van der Waals surface area contributed by atoms with Crippen LogP contribution in [0.5, 0.6) is 51.7 Å². The van der Waals surface area contributed by atoms with E-state index in [1.165, 1.54) is 101 Å². The minimum Gasteiger partial charge on any atom is -0.508 e. The Bertz CT molecular complexity index is 2620. The molecule has 9 heteroatoms. The summed E-state index contributed by atoms with van der Waals surface area (Å²) in [5.41, 5.74) is 5.02. The first-order valence-corrected chi connectivity index (χ1v) is 30.9. The van der Waals surface area contributed by atoms with E-state index in [1.54, 1.807) is 12.1 Å². The van der Waals surface area contributed by atoms with Crippen LogP contribution in [0.4, 0.5) is 0 Å². The van der Waals surface area contributed by atoms with E-state index >= 15 is 0 Å². The van der Waals surface area contributed by atoms with Gasteiger partial charge >= 0.3 is 0 Å². The molecule has 9 nitrogen and oxygen atoms in total. The summed E-state index contributed by atoms with van der Waals surface area (Å²) >= 11 is 0. The number of fused-ring (bicyclic) bond motifs is 15. The van der Waals surface area contributed by atoms with Crippen LogP contribution in [0, 0.1) is 68.0 Å². The molecule has 0 amide bonds. The first-order valence-electron chi connectivity index (χ1n) is 30.9. The van der Waals surface area contributed by atoms with Crippen LogP contribution < -0.4 is 23.7 Å². The highest BCUT2D eigenvalue weighted by Crippen LogP contribution is 2.71. The van der Waals surface area contributed by atoms with Gasteiger partial charge in [-0.25, -0.2) is 0 Å². The first kappa shape index (κ1) is 57.1. The van der Waals surface area contributed by atoms with Crippen LogP contribution >= 0.6 is 0 Å². The van der Waals surface area contributed by atoms with Crippen LogP contribution in [0.1, 0.15) is 224 Å². The van der Waals surface area contributed by atoms with Gasteiger partial charge in [-0.2, -0.15) is 0 Å². The Morgan fingerprint density at radius 3 is 1.08 bits per heavy atom. The fourth-order valence-electron chi connectivity index (χ4n) is 21.0. The van der Waals surface area contributed by atoms with Crippen LogP contribution in [0.2, 0.25) is 0 Å². The summed E-state index contributed by atoms with van der Waals surface area (Å²) in [5, 5.41) is 40.8. The summed E-state index contributed by atoms with van der Waals surface area (Å²) in [5.74, 6) is 8.17. The van der Waals surface area contributed by atoms with Crippen molar-refractivity contribution in [2.75, 3.05) is 19.8 Å². The lowest BCUT2D eigenvalue weighted by atomic mass is 9.42. The zero-order chi connectivity index (χ0) is 56.6. The third-order valence-electron chi connectivity index (χ3n) is 24.2. The van der Waals surface area contributed by atoms with Crippen molar-refractivity contribution in [3.05, 3.63) is 53.1 Å². The average Bonchev–Trinajstić information content (AvgIpc) is 2.49. The van der Waals surface area contributed by atoms with Crippen LogP contribution in [-0.2, 0) is 16.2 Å². The highest BCUT2D eigenvalue weighted by molar-refractivity contribution is 5.58. The molecule has 6 fully saturated rings. The Kier molecular flexibility index (Phi) is 14.3. The van der Waals surface area contributed by atoms with Gasteiger partial charge in [-0.05, 0) is 155 Å². The summed E-state index contributed by atoms with van der Waals surface area (Å²) in [6, 6.07) is 10.5. The molecule has 0 spiro atoms. The van der Waals surface area contributed by atoms with Gasteiger partial charge in [-0.3, -0.25) is 0 Å². The number of phenols is 4. The van der Waals surface area contributed by atoms with Crippen molar-refractivity contribution in [2.24, 2.45) is 68.0 Å². The van der Waals surface area contributed by atoms with Gasteiger partial charge in [-0.15, -0.1) is 0 Å². The molecule has 0 unspecified atom stereocenters. The number of ether oxygens (including phenoxy) is 5. The molecule has 78 heavy (non-hydrogen) atoms. The number of phenolic OH excluding ortho intramolecular Hbond substituents is 4. The standard InChI is InChI=1S/C27H42O3.2C21H30O3/c1-17(2)29-19-14-20-24(21(15-19)30-18(3)4)27(8)13-10-22-25(5,6)11-9-12-26(22,7)23(27)16-28-20;2*1-19(2)7-5-8-20(3)16(19)6-9-21(4)17(20)12-24-15-11-13(22)10-14(23)18(15)21/h14-15,17-18,22-23H,9-13,16H2,1-8H3;2*10-11,16-17,22-23H,5-9,12H2,1-4H3/t22-,23+,26-,27+;2*16-,17+,20-,21+/m000/s1. The van der Waals surface area contributed by atoms with E-state index in [4.69, 9.17) is 23.7 Å². The molecule has 4 N–H and O–H groups in total. The maximum Gasteiger partial charge on any atom is 0.130 e. The van der Waals surface area contributed by atoms with E-state index in [2.05, 4.69) is 123 Å². The molecule has 3 aromatic rings. The smallest absolute Gasteiger partial charge is 0.130 e. The molecular formula is C69H102O9. The Labute approximate surface area is 470 Å². The highest BCUT2D eigenvalue weighted by Gasteiger charge is 2.64. The summed E-state index contributed by atoms with van der Waals surface area (Å²) in [6.07, 6.45) is 19.0. The van der Waals surface area contributed by atoms with Gasteiger partial charge < -0.3 is 44.1 Å². The molecule has 0 saturated heterocycles. The number of rotatable bonds is 4. The lowest BCUT2D eigenvalue weighted by molar-refractivity contribution is -0.124. The van der Waals surface area contributed by atoms with E-state index in [1.807, 2.05) is 0 Å². The predicted molar refractivity (Wildman–Crippen MR) is 312 cm³/mol. The van der Waals surface area contributed by atoms with Gasteiger partial charge in [0.25, 0.3) is 0 Å². The third kappa shape index (κ3) is 9.12. The number of benzene rings is 3. The second kappa shape index (κ2) is 19.5. The van der Waals surface area contributed by atoms with Crippen LogP contribution in [0.15, 0.2) is 36.4 Å². The van der Waals surface area contributed by atoms with Gasteiger partial charge in [0.15, 0.2) is 0 Å². The lowest BCUT2D eigenvalue weighted by Gasteiger charge is -2.63. The normalized spacial score (nSPS) is 37.9. The van der Waals surface area contributed by atoms with Gasteiger partial charge in [0.2, 0.25) is 0 Å². The second-order valence-electron chi connectivity index (χ2n) is 31.0. The Balaban J connectivity index is 0.000000133. The maximum atomic E-state index is 10.6. The summed E-state index contributed by atoms with van der Waals surface area (Å²) in [6.45, 7) is 39.8. The minimum atomic E-state index is -0.0793. The number of aromatic hydroxyl groups is 4. The van der Waals surface area contributed by atoms with E-state index < -0.39 is 0 Å². The van der Waals surface area contributed by atoms with Gasteiger partial charge in [-0.1, -0.05) is 102 Å². The molecule has 12 rings (SSSR count). The van der Waals surface area contributed by atoms with Crippen LogP contribution in [0.3, 0.4) is 0 Å². The van der Waals surface area contributed by atoms with E-state index in [0.29, 0.717) is 76.0 Å². The summed E-state index contributed by atoms with van der Waals surface area (Å²) in [4.78, 5) is 0. The second-order valence-corrected chi connectivity index (χ2v) is 31.0. The number of hydrogen-bond donors (Lipinski definition) is 4. The number of hydrogen-bond acceptors (Lipinski definition) is 9. The largest absolute Gasteiger partial charge is 0.508 e. The molecule has 0 radical (unpaired) electrons. The molecule has 0 aromatic heterocycles. The average molecular weight is 1080 g/mol. The SMILES string of the molecule is CC(C)Oc1cc2c(c(OC(C)C)c1)[C@]1(C)CC[C@H]3C(C)(C)CCC[C@]3(C)[C@H]1CO2.CC1(C)CCC[C@]2(C)[C@H]3COc4cc(O)cc(O)c4[C@]3(C)CC[C@@H]12.CC1(C)CCC[C@]2(C)[C@H]3COc4cc(O)cc(O)c4[C@]3(C)CC[C@@H]12. The van der Waals surface area contributed by atoms with Crippen molar-refractivity contribution in [2.45, 2.75) is 236 Å². The molecule has 3 aromatic carbocycles. The molecule has 432 valence electrons. The van der Waals surface area contributed by atoms with Crippen molar-refractivity contribution >= 4 is 0 Å². The topological polar surface area (TPSA) is 127 Å². The first-order chi connectivity index (χ1) is 36.3. The fraction of sp³-hybridized carbons (Fsp3) is 0.739. The van der Waals surface area contributed by atoms with Crippen LogP contribution in [0.25, 0.3) is 0 Å². The van der Waals surface area contributed by atoms with Gasteiger partial charge in [0.1, 0.15) is 51.7 Å².